The normalized spacial score (nSPS) is 10.3. The molecule has 0 spiro atoms. The van der Waals surface area contributed by atoms with Crippen molar-refractivity contribution in [3.05, 3.63) is 56.2 Å². The first-order chi connectivity index (χ1) is 8.70. The number of thiophene rings is 1. The van der Waals surface area contributed by atoms with E-state index < -0.39 is 0 Å². The van der Waals surface area contributed by atoms with E-state index in [2.05, 4.69) is 21.2 Å². The molecule has 0 aliphatic heterocycles. The number of benzene rings is 1. The van der Waals surface area contributed by atoms with E-state index in [1.54, 1.807) is 0 Å². The molecule has 0 bridgehead atoms. The average molecular weight is 326 g/mol. The summed E-state index contributed by atoms with van der Waals surface area (Å²) in [6.07, 6.45) is 0. The minimum absolute atomic E-state index is 0.0122. The van der Waals surface area contributed by atoms with Gasteiger partial charge in [0.1, 0.15) is 4.88 Å². The molecule has 18 heavy (non-hydrogen) atoms. The number of carbonyl (C=O) groups is 1. The van der Waals surface area contributed by atoms with Gasteiger partial charge in [0.15, 0.2) is 0 Å². The van der Waals surface area contributed by atoms with Crippen molar-refractivity contribution in [3.63, 3.8) is 0 Å². The lowest BCUT2D eigenvalue weighted by Gasteiger charge is -2.05. The maximum Gasteiger partial charge on any atom is 0.262 e. The van der Waals surface area contributed by atoms with Gasteiger partial charge in [-0.3, -0.25) is 4.79 Å². The molecule has 0 fully saturated rings. The van der Waals surface area contributed by atoms with Gasteiger partial charge in [0.05, 0.1) is 6.61 Å². The lowest BCUT2D eigenvalue weighted by atomic mass is 10.1. The SMILES string of the molecule is O=C(NCc1cccc(CO)c1)c1sccc1Br. The Bertz CT molecular complexity index is 553. The monoisotopic (exact) mass is 325 g/mol. The quantitative estimate of drug-likeness (QED) is 0.908. The fraction of sp³-hybridized carbons (Fsp3) is 0.154. The van der Waals surface area contributed by atoms with Crippen molar-refractivity contribution in [1.29, 1.82) is 0 Å². The number of hydrogen-bond acceptors (Lipinski definition) is 3. The first-order valence-corrected chi connectivity index (χ1v) is 7.08. The van der Waals surface area contributed by atoms with Gasteiger partial charge in [0.25, 0.3) is 5.91 Å². The third-order valence-electron chi connectivity index (χ3n) is 2.45. The summed E-state index contributed by atoms with van der Waals surface area (Å²) in [7, 11) is 0. The highest BCUT2D eigenvalue weighted by atomic mass is 79.9. The van der Waals surface area contributed by atoms with Gasteiger partial charge in [-0.05, 0) is 38.5 Å². The van der Waals surface area contributed by atoms with Gasteiger partial charge in [0, 0.05) is 11.0 Å². The minimum Gasteiger partial charge on any atom is -0.392 e. The van der Waals surface area contributed by atoms with Crippen molar-refractivity contribution in [2.24, 2.45) is 0 Å². The topological polar surface area (TPSA) is 49.3 Å². The fourth-order valence-corrected chi connectivity index (χ4v) is 3.02. The molecular weight excluding hydrogens is 314 g/mol. The van der Waals surface area contributed by atoms with Crippen LogP contribution in [-0.4, -0.2) is 11.0 Å². The van der Waals surface area contributed by atoms with Crippen LogP contribution in [0.3, 0.4) is 0 Å². The summed E-state index contributed by atoms with van der Waals surface area (Å²) in [4.78, 5) is 12.5. The Morgan fingerprint density at radius 3 is 2.78 bits per heavy atom. The largest absolute Gasteiger partial charge is 0.392 e. The average Bonchev–Trinajstić information content (AvgIpc) is 2.82. The Kier molecular flexibility index (Phi) is 4.52. The molecule has 0 aliphatic rings. The first-order valence-electron chi connectivity index (χ1n) is 5.40. The highest BCUT2D eigenvalue weighted by Crippen LogP contribution is 2.22. The molecule has 0 radical (unpaired) electrons. The van der Waals surface area contributed by atoms with Gasteiger partial charge in [-0.25, -0.2) is 0 Å². The summed E-state index contributed by atoms with van der Waals surface area (Å²) in [5.41, 5.74) is 1.82. The predicted molar refractivity (Wildman–Crippen MR) is 75.6 cm³/mol. The third kappa shape index (κ3) is 3.19. The molecule has 2 aromatic rings. The van der Waals surface area contributed by atoms with Crippen LogP contribution in [0, 0.1) is 0 Å². The van der Waals surface area contributed by atoms with E-state index in [1.807, 2.05) is 35.7 Å². The van der Waals surface area contributed by atoms with Crippen LogP contribution in [0.5, 0.6) is 0 Å². The Hall–Kier alpha value is -1.17. The number of rotatable bonds is 4. The van der Waals surface area contributed by atoms with Crippen molar-refractivity contribution < 1.29 is 9.90 Å². The zero-order valence-electron chi connectivity index (χ0n) is 9.52. The second-order valence-electron chi connectivity index (χ2n) is 3.76. The first kappa shape index (κ1) is 13.3. The van der Waals surface area contributed by atoms with Crippen molar-refractivity contribution >= 4 is 33.2 Å². The number of aliphatic hydroxyl groups excluding tert-OH is 1. The van der Waals surface area contributed by atoms with Gasteiger partial charge < -0.3 is 10.4 Å². The summed E-state index contributed by atoms with van der Waals surface area (Å²) in [5.74, 6) is -0.0914. The molecule has 5 heteroatoms. The van der Waals surface area contributed by atoms with Gasteiger partial charge >= 0.3 is 0 Å². The van der Waals surface area contributed by atoms with E-state index >= 15 is 0 Å². The Balaban J connectivity index is 1.99. The molecule has 3 nitrogen and oxygen atoms in total. The zero-order valence-corrected chi connectivity index (χ0v) is 11.9. The van der Waals surface area contributed by atoms with Crippen LogP contribution >= 0.6 is 27.3 Å². The number of halogens is 1. The van der Waals surface area contributed by atoms with Gasteiger partial charge in [-0.1, -0.05) is 24.3 Å². The third-order valence-corrected chi connectivity index (χ3v) is 4.29. The lowest BCUT2D eigenvalue weighted by molar-refractivity contribution is 0.0954. The summed E-state index contributed by atoms with van der Waals surface area (Å²) in [6.45, 7) is 0.468. The predicted octanol–water partition coefficient (Wildman–Crippen LogP) is 2.93. The number of nitrogens with one attached hydrogen (secondary N) is 1. The molecule has 2 N–H and O–H groups in total. The van der Waals surface area contributed by atoms with E-state index in [4.69, 9.17) is 5.11 Å². The lowest BCUT2D eigenvalue weighted by Crippen LogP contribution is -2.22. The highest BCUT2D eigenvalue weighted by molar-refractivity contribution is 9.10. The number of hydrogen-bond donors (Lipinski definition) is 2. The summed E-state index contributed by atoms with van der Waals surface area (Å²) in [5, 5.41) is 13.8. The molecule has 2 rings (SSSR count). The van der Waals surface area contributed by atoms with Crippen LogP contribution < -0.4 is 5.32 Å². The molecule has 1 heterocycles. The number of amides is 1. The minimum atomic E-state index is -0.0914. The van der Waals surface area contributed by atoms with Crippen LogP contribution in [0.15, 0.2) is 40.2 Å². The van der Waals surface area contributed by atoms with Gasteiger partial charge in [-0.15, -0.1) is 11.3 Å². The maximum atomic E-state index is 11.9. The Labute approximate surface area is 118 Å². The highest BCUT2D eigenvalue weighted by Gasteiger charge is 2.10. The number of aliphatic hydroxyl groups is 1. The van der Waals surface area contributed by atoms with Crippen molar-refractivity contribution in [2.45, 2.75) is 13.2 Å². The van der Waals surface area contributed by atoms with Crippen LogP contribution in [0.2, 0.25) is 0 Å². The molecule has 94 valence electrons. The van der Waals surface area contributed by atoms with E-state index in [9.17, 15) is 4.79 Å². The molecular formula is C13H12BrNO2S. The van der Waals surface area contributed by atoms with E-state index in [0.717, 1.165) is 15.6 Å². The van der Waals surface area contributed by atoms with Gasteiger partial charge in [0.2, 0.25) is 0 Å². The van der Waals surface area contributed by atoms with Crippen molar-refractivity contribution in [1.82, 2.24) is 5.32 Å². The molecule has 0 saturated heterocycles. The summed E-state index contributed by atoms with van der Waals surface area (Å²) < 4.78 is 0.814. The zero-order chi connectivity index (χ0) is 13.0. The summed E-state index contributed by atoms with van der Waals surface area (Å²) >= 11 is 4.73. The fourth-order valence-electron chi connectivity index (χ4n) is 1.56. The summed E-state index contributed by atoms with van der Waals surface area (Å²) in [6, 6.07) is 9.37. The molecule has 0 saturated carbocycles. The standard InChI is InChI=1S/C13H12BrNO2S/c14-11-4-5-18-12(11)13(17)15-7-9-2-1-3-10(6-9)8-16/h1-6,16H,7-8H2,(H,15,17). The van der Waals surface area contributed by atoms with E-state index in [0.29, 0.717) is 11.4 Å². The smallest absolute Gasteiger partial charge is 0.262 e. The maximum absolute atomic E-state index is 11.9. The Morgan fingerprint density at radius 1 is 1.33 bits per heavy atom. The number of carbonyl (C=O) groups excluding carboxylic acids is 1. The van der Waals surface area contributed by atoms with Crippen LogP contribution in [-0.2, 0) is 13.2 Å². The molecule has 1 amide bonds. The van der Waals surface area contributed by atoms with Crippen LogP contribution in [0.1, 0.15) is 20.8 Å². The van der Waals surface area contributed by atoms with Crippen LogP contribution in [0.25, 0.3) is 0 Å². The van der Waals surface area contributed by atoms with E-state index in [1.165, 1.54) is 11.3 Å². The molecule has 1 aromatic heterocycles. The van der Waals surface area contributed by atoms with Crippen molar-refractivity contribution in [3.8, 4) is 0 Å². The van der Waals surface area contributed by atoms with E-state index in [-0.39, 0.29) is 12.5 Å². The second-order valence-corrected chi connectivity index (χ2v) is 5.53. The molecule has 0 unspecified atom stereocenters. The molecule has 1 aromatic carbocycles. The van der Waals surface area contributed by atoms with Gasteiger partial charge in [-0.2, -0.15) is 0 Å². The van der Waals surface area contributed by atoms with Crippen LogP contribution in [0.4, 0.5) is 0 Å². The Morgan fingerprint density at radius 2 is 2.11 bits per heavy atom. The second kappa shape index (κ2) is 6.13. The molecule has 0 atom stereocenters. The molecule has 0 aliphatic carbocycles. The van der Waals surface area contributed by atoms with Crippen molar-refractivity contribution in [2.75, 3.05) is 0 Å².